The summed E-state index contributed by atoms with van der Waals surface area (Å²) >= 11 is 0. The van der Waals surface area contributed by atoms with Crippen LogP contribution in [-0.4, -0.2) is 68.4 Å². The lowest BCUT2D eigenvalue weighted by atomic mass is 9.94. The maximum Gasteiger partial charge on any atom is 0.438 e. The molecular formula is C9H9F14NO3S. The Morgan fingerprint density at radius 1 is 0.679 bits per heavy atom. The summed E-state index contributed by atoms with van der Waals surface area (Å²) in [6.07, 6.45) is -5.85. The number of nitrogens with one attached hydrogen (secondary N) is 1. The highest BCUT2D eigenvalue weighted by Crippen LogP contribution is 2.61. The van der Waals surface area contributed by atoms with E-state index in [1.54, 1.807) is 0 Å². The van der Waals surface area contributed by atoms with Gasteiger partial charge in [0.15, 0.2) is 0 Å². The van der Waals surface area contributed by atoms with E-state index >= 15 is 0 Å². The summed E-state index contributed by atoms with van der Waals surface area (Å²) in [6.45, 7) is 0. The largest absolute Gasteiger partial charge is 0.438 e. The van der Waals surface area contributed by atoms with Crippen molar-refractivity contribution >= 4 is 10.1 Å². The third kappa shape index (κ3) is 4.10. The molecule has 0 fully saturated rings. The number of rotatable bonds is 7. The van der Waals surface area contributed by atoms with Gasteiger partial charge in [0.05, 0.1) is 0 Å². The normalized spacial score (nSPS) is 15.4. The first-order valence-corrected chi connectivity index (χ1v) is 7.40. The van der Waals surface area contributed by atoms with Gasteiger partial charge >= 0.3 is 51.4 Å². The summed E-state index contributed by atoms with van der Waals surface area (Å²) in [5.41, 5.74) is 0. The fraction of sp³-hybridized carbons (Fsp3) is 1.00. The maximum atomic E-state index is 12.9. The van der Waals surface area contributed by atoms with Gasteiger partial charge in [-0.1, -0.05) is 0 Å². The Morgan fingerprint density at radius 3 is 1.14 bits per heavy atom. The first kappa shape index (κ1) is 29.1. The van der Waals surface area contributed by atoms with Gasteiger partial charge in [-0.2, -0.15) is 61.1 Å². The average molecular weight is 477 g/mol. The number of halogens is 14. The molecule has 0 aromatic rings. The Morgan fingerprint density at radius 2 is 0.929 bits per heavy atom. The Bertz CT molecular complexity index is 632. The van der Waals surface area contributed by atoms with E-state index in [-0.39, 0.29) is 0 Å². The van der Waals surface area contributed by atoms with Crippen LogP contribution in [0.1, 0.15) is 0 Å². The van der Waals surface area contributed by atoms with Crippen LogP contribution in [0.25, 0.3) is 0 Å². The molecule has 28 heavy (non-hydrogen) atoms. The van der Waals surface area contributed by atoms with Gasteiger partial charge in [0.25, 0.3) is 0 Å². The zero-order valence-corrected chi connectivity index (χ0v) is 13.9. The van der Waals surface area contributed by atoms with Crippen LogP contribution in [0.4, 0.5) is 61.5 Å². The molecule has 172 valence electrons. The smallest absolute Gasteiger partial charge is 0.323 e. The number of hydrogen-bond acceptors (Lipinski definition) is 3. The third-order valence-electron chi connectivity index (χ3n) is 2.57. The molecule has 0 aromatic carbocycles. The third-order valence-corrected chi connectivity index (χ3v) is 3.47. The van der Waals surface area contributed by atoms with Crippen molar-refractivity contribution in [3.63, 3.8) is 0 Å². The molecule has 0 aliphatic heterocycles. The predicted octanol–water partition coefficient (Wildman–Crippen LogP) is 3.74. The first-order chi connectivity index (χ1) is 11.9. The van der Waals surface area contributed by atoms with E-state index < -0.39 is 51.4 Å². The second kappa shape index (κ2) is 7.96. The van der Waals surface area contributed by atoms with Crippen molar-refractivity contribution in [2.75, 3.05) is 14.1 Å². The minimum atomic E-state index is -8.36. The van der Waals surface area contributed by atoms with E-state index in [1.807, 2.05) is 14.1 Å². The molecule has 0 amide bonds. The molecule has 4 nitrogen and oxygen atoms in total. The van der Waals surface area contributed by atoms with Crippen LogP contribution in [0.3, 0.4) is 0 Å². The molecule has 0 spiro atoms. The van der Waals surface area contributed by atoms with Crippen molar-refractivity contribution in [2.24, 2.45) is 0 Å². The molecule has 0 radical (unpaired) electrons. The molecule has 0 saturated carbocycles. The molecular weight excluding hydrogens is 468 g/mol. The maximum absolute atomic E-state index is 12.9. The molecule has 0 heterocycles. The fourth-order valence-corrected chi connectivity index (χ4v) is 1.54. The molecule has 0 atom stereocenters. The van der Waals surface area contributed by atoms with Crippen LogP contribution in [0.2, 0.25) is 0 Å². The second-order valence-electron chi connectivity index (χ2n) is 4.71. The monoisotopic (exact) mass is 477 g/mol. The molecule has 0 aliphatic carbocycles. The predicted molar refractivity (Wildman–Crippen MR) is 62.2 cm³/mol. The highest BCUT2D eigenvalue weighted by molar-refractivity contribution is 7.87. The van der Waals surface area contributed by atoms with E-state index in [2.05, 4.69) is 5.32 Å². The van der Waals surface area contributed by atoms with Crippen molar-refractivity contribution in [3.8, 4) is 0 Å². The molecule has 0 aromatic heterocycles. The van der Waals surface area contributed by atoms with E-state index in [4.69, 9.17) is 4.55 Å². The standard InChI is InChI=1S/C7H2F14O3S.C2H7N/c8-1(9)2(10,11)3(12,13)4(14,15)5(16,17)6(18,19)7(20,21)25(22,23)24;1-3-2/h1H,(H,22,23,24);3H,1-2H3. The summed E-state index contributed by atoms with van der Waals surface area (Å²) in [5.74, 6) is -40.3. The van der Waals surface area contributed by atoms with Crippen LogP contribution >= 0.6 is 0 Å². The van der Waals surface area contributed by atoms with Gasteiger partial charge in [0.2, 0.25) is 0 Å². The van der Waals surface area contributed by atoms with Crippen molar-refractivity contribution in [1.29, 1.82) is 0 Å². The highest BCUT2D eigenvalue weighted by Gasteiger charge is 2.92. The Labute approximate surface area is 146 Å². The van der Waals surface area contributed by atoms with Crippen molar-refractivity contribution in [2.45, 2.75) is 41.3 Å². The quantitative estimate of drug-likeness (QED) is 0.433. The van der Waals surface area contributed by atoms with Gasteiger partial charge in [-0.05, 0) is 14.1 Å². The Balaban J connectivity index is 0. The lowest BCUT2D eigenvalue weighted by Crippen LogP contribution is -2.72. The molecule has 0 unspecified atom stereocenters. The van der Waals surface area contributed by atoms with Crippen LogP contribution in [-0.2, 0) is 10.1 Å². The summed E-state index contributed by atoms with van der Waals surface area (Å²) in [5, 5.41) is -4.84. The van der Waals surface area contributed by atoms with E-state index in [1.165, 1.54) is 0 Å². The lowest BCUT2D eigenvalue weighted by molar-refractivity contribution is -0.425. The average Bonchev–Trinajstić information content (AvgIpc) is 2.45. The van der Waals surface area contributed by atoms with Gasteiger partial charge in [-0.3, -0.25) is 4.55 Å². The SMILES string of the molecule is CNC.O=S(=O)(O)C(F)(F)C(F)(F)C(F)(F)C(F)(F)C(F)(F)C(F)(F)C(F)F. The fourth-order valence-electron chi connectivity index (χ4n) is 1.09. The minimum absolute atomic E-state index is 1.88. The topological polar surface area (TPSA) is 66.4 Å². The van der Waals surface area contributed by atoms with E-state index in [9.17, 15) is 69.9 Å². The van der Waals surface area contributed by atoms with Crippen LogP contribution in [0.5, 0.6) is 0 Å². The van der Waals surface area contributed by atoms with Crippen LogP contribution < -0.4 is 5.32 Å². The second-order valence-corrected chi connectivity index (χ2v) is 6.18. The summed E-state index contributed by atoms with van der Waals surface area (Å²) in [6, 6.07) is 0. The molecule has 0 bridgehead atoms. The number of hydrogen-bond donors (Lipinski definition) is 2. The van der Waals surface area contributed by atoms with Gasteiger partial charge in [-0.15, -0.1) is 0 Å². The number of alkyl halides is 14. The van der Waals surface area contributed by atoms with Crippen molar-refractivity contribution in [3.05, 3.63) is 0 Å². The molecule has 0 aliphatic rings. The zero-order chi connectivity index (χ0) is 23.8. The summed E-state index contributed by atoms with van der Waals surface area (Å²) in [4.78, 5) is 0. The Hall–Kier alpha value is -1.11. The van der Waals surface area contributed by atoms with Crippen LogP contribution in [0.15, 0.2) is 0 Å². The molecule has 0 saturated heterocycles. The lowest BCUT2D eigenvalue weighted by Gasteiger charge is -2.40. The first-order valence-electron chi connectivity index (χ1n) is 5.96. The summed E-state index contributed by atoms with van der Waals surface area (Å²) < 4.78 is 203. The van der Waals surface area contributed by atoms with Gasteiger partial charge < -0.3 is 5.32 Å². The highest BCUT2D eigenvalue weighted by atomic mass is 32.2. The molecule has 19 heteroatoms. The Kier molecular flexibility index (Phi) is 8.27. The zero-order valence-electron chi connectivity index (χ0n) is 13.0. The molecule has 0 rings (SSSR count). The van der Waals surface area contributed by atoms with Gasteiger partial charge in [0, 0.05) is 0 Å². The summed E-state index contributed by atoms with van der Waals surface area (Å²) in [7, 11) is -3.93. The van der Waals surface area contributed by atoms with Crippen molar-refractivity contribution < 1.29 is 74.4 Å². The van der Waals surface area contributed by atoms with Gasteiger partial charge in [0.1, 0.15) is 0 Å². The van der Waals surface area contributed by atoms with Gasteiger partial charge in [-0.25, -0.2) is 8.78 Å². The van der Waals surface area contributed by atoms with Crippen LogP contribution in [0, 0.1) is 0 Å². The van der Waals surface area contributed by atoms with E-state index in [0.29, 0.717) is 0 Å². The van der Waals surface area contributed by atoms with Crippen molar-refractivity contribution in [1.82, 2.24) is 5.32 Å². The minimum Gasteiger partial charge on any atom is -0.323 e. The van der Waals surface area contributed by atoms with E-state index in [0.717, 1.165) is 0 Å². The molecule has 2 N–H and O–H groups in total.